The normalized spacial score (nSPS) is 20.9. The van der Waals surface area contributed by atoms with Crippen molar-refractivity contribution in [3.63, 3.8) is 0 Å². The first-order chi connectivity index (χ1) is 17.0. The van der Waals surface area contributed by atoms with Crippen LogP contribution in [0.2, 0.25) is 0 Å². The molecule has 1 aromatic heterocycles. The summed E-state index contributed by atoms with van der Waals surface area (Å²) in [5.74, 6) is 1.51. The van der Waals surface area contributed by atoms with Crippen LogP contribution in [0.1, 0.15) is 19.8 Å². The number of aromatic nitrogens is 1. The number of morpholine rings is 1. The summed E-state index contributed by atoms with van der Waals surface area (Å²) < 4.78 is 45.1. The van der Waals surface area contributed by atoms with Gasteiger partial charge in [-0.1, -0.05) is 6.92 Å². The predicted octanol–water partition coefficient (Wildman–Crippen LogP) is 2.02. The average Bonchev–Trinajstić information content (AvgIpc) is 3.37. The highest BCUT2D eigenvalue weighted by Crippen LogP contribution is 2.40. The zero-order valence-corrected chi connectivity index (χ0v) is 20.6. The van der Waals surface area contributed by atoms with Crippen LogP contribution in [-0.4, -0.2) is 87.2 Å². The number of rotatable bonds is 6. The van der Waals surface area contributed by atoms with Gasteiger partial charge in [0.25, 0.3) is 0 Å². The minimum atomic E-state index is -3.66. The van der Waals surface area contributed by atoms with E-state index >= 15 is 0 Å². The first kappa shape index (κ1) is 23.8. The molecule has 2 aromatic rings. The molecule has 2 fully saturated rings. The van der Waals surface area contributed by atoms with Gasteiger partial charge in [-0.3, -0.25) is 9.78 Å². The molecule has 3 aliphatic rings. The van der Waals surface area contributed by atoms with Gasteiger partial charge in [0.2, 0.25) is 15.9 Å². The molecule has 2 saturated heterocycles. The summed E-state index contributed by atoms with van der Waals surface area (Å²) in [6.45, 7) is 5.58. The second-order valence-electron chi connectivity index (χ2n) is 8.75. The van der Waals surface area contributed by atoms with Crippen LogP contribution in [0.15, 0.2) is 41.6 Å². The van der Waals surface area contributed by atoms with Crippen molar-refractivity contribution in [1.82, 2.24) is 14.2 Å². The van der Waals surface area contributed by atoms with Crippen molar-refractivity contribution in [2.45, 2.75) is 30.8 Å². The summed E-state index contributed by atoms with van der Waals surface area (Å²) in [4.78, 5) is 20.2. The molecule has 4 heterocycles. The average molecular weight is 503 g/mol. The molecule has 0 aliphatic carbocycles. The number of likely N-dealkylation sites (tertiary alicyclic amines) is 1. The lowest BCUT2D eigenvalue weighted by Gasteiger charge is -2.32. The zero-order chi connectivity index (χ0) is 24.4. The van der Waals surface area contributed by atoms with Gasteiger partial charge < -0.3 is 24.0 Å². The molecule has 3 aliphatic heterocycles. The summed E-state index contributed by atoms with van der Waals surface area (Å²) >= 11 is 0. The third-order valence-electron chi connectivity index (χ3n) is 6.51. The van der Waals surface area contributed by atoms with Crippen molar-refractivity contribution in [3.05, 3.63) is 36.7 Å². The first-order valence-electron chi connectivity index (χ1n) is 12.0. The van der Waals surface area contributed by atoms with Gasteiger partial charge in [-0.05, 0) is 18.2 Å². The predicted molar refractivity (Wildman–Crippen MR) is 129 cm³/mol. The van der Waals surface area contributed by atoms with E-state index in [1.807, 2.05) is 34.9 Å². The van der Waals surface area contributed by atoms with Crippen molar-refractivity contribution >= 4 is 27.3 Å². The number of amides is 1. The summed E-state index contributed by atoms with van der Waals surface area (Å²) in [6.07, 6.45) is 4.26. The third kappa shape index (κ3) is 4.93. The number of anilines is 2. The lowest BCUT2D eigenvalue weighted by molar-refractivity contribution is -0.130. The molecule has 0 bridgehead atoms. The van der Waals surface area contributed by atoms with Crippen molar-refractivity contribution < 1.29 is 27.4 Å². The molecular formula is C24H30N4O6S. The molecule has 0 saturated carbocycles. The first-order valence-corrected chi connectivity index (χ1v) is 13.4. The monoisotopic (exact) mass is 502 g/mol. The van der Waals surface area contributed by atoms with Crippen LogP contribution in [0.25, 0.3) is 0 Å². The Hall–Kier alpha value is -2.89. The Morgan fingerprint density at radius 1 is 1.11 bits per heavy atom. The Morgan fingerprint density at radius 2 is 1.94 bits per heavy atom. The van der Waals surface area contributed by atoms with E-state index in [0.29, 0.717) is 76.2 Å². The molecule has 0 radical (unpaired) electrons. The standard InChI is InChI=1S/C24H30N4O6S/c1-2-24(29)26-6-5-20(17-26)34-19-3-4-23-22(14-19)28(9-12-33-23)18-13-21(16-25-15-18)35(30,31)27-7-10-32-11-8-27/h3-4,13-16,20H,2,5-12,17H2,1H3/t20-/m0/s1. The van der Waals surface area contributed by atoms with E-state index in [9.17, 15) is 13.2 Å². The lowest BCUT2D eigenvalue weighted by Crippen LogP contribution is -2.40. The summed E-state index contributed by atoms with van der Waals surface area (Å²) in [7, 11) is -3.66. The molecule has 0 unspecified atom stereocenters. The van der Waals surface area contributed by atoms with Crippen LogP contribution >= 0.6 is 0 Å². The van der Waals surface area contributed by atoms with Crippen LogP contribution in [0.5, 0.6) is 11.5 Å². The second kappa shape index (κ2) is 10.00. The highest BCUT2D eigenvalue weighted by Gasteiger charge is 2.30. The van der Waals surface area contributed by atoms with Crippen LogP contribution < -0.4 is 14.4 Å². The number of nitrogens with zero attached hydrogens (tertiary/aromatic N) is 4. The molecular weight excluding hydrogens is 472 g/mol. The fourth-order valence-corrected chi connectivity index (χ4v) is 6.03. The molecule has 11 heteroatoms. The van der Waals surface area contributed by atoms with Crippen LogP contribution in [0.3, 0.4) is 0 Å². The summed E-state index contributed by atoms with van der Waals surface area (Å²) in [6, 6.07) is 7.29. The third-order valence-corrected chi connectivity index (χ3v) is 8.38. The number of hydrogen-bond donors (Lipinski definition) is 0. The van der Waals surface area contributed by atoms with Crippen molar-refractivity contribution in [1.29, 1.82) is 0 Å². The van der Waals surface area contributed by atoms with Gasteiger partial charge in [-0.25, -0.2) is 8.42 Å². The molecule has 1 aromatic carbocycles. The summed E-state index contributed by atoms with van der Waals surface area (Å²) in [5, 5.41) is 0. The number of hydrogen-bond acceptors (Lipinski definition) is 8. The van der Waals surface area contributed by atoms with E-state index in [2.05, 4.69) is 4.98 Å². The van der Waals surface area contributed by atoms with E-state index in [4.69, 9.17) is 14.2 Å². The van der Waals surface area contributed by atoms with Gasteiger partial charge in [-0.2, -0.15) is 4.31 Å². The number of benzene rings is 1. The van der Waals surface area contributed by atoms with Gasteiger partial charge in [0.1, 0.15) is 29.1 Å². The molecule has 0 spiro atoms. The quantitative estimate of drug-likeness (QED) is 0.591. The highest BCUT2D eigenvalue weighted by molar-refractivity contribution is 7.89. The SMILES string of the molecule is CCC(=O)N1CC[C@H](Oc2ccc3c(c2)N(c2cncc(S(=O)(=O)N4CCOCC4)c2)CCO3)C1. The number of carbonyl (C=O) groups is 1. The van der Waals surface area contributed by atoms with E-state index in [1.165, 1.54) is 10.5 Å². The largest absolute Gasteiger partial charge is 0.490 e. The Bertz CT molecular complexity index is 1180. The molecule has 0 N–H and O–H groups in total. The van der Waals surface area contributed by atoms with E-state index in [0.717, 1.165) is 12.1 Å². The van der Waals surface area contributed by atoms with Gasteiger partial charge in [0.05, 0.1) is 43.9 Å². The topological polar surface area (TPSA) is 102 Å². The maximum Gasteiger partial charge on any atom is 0.244 e. The molecule has 1 amide bonds. The number of pyridine rings is 1. The Balaban J connectivity index is 1.37. The van der Waals surface area contributed by atoms with Crippen molar-refractivity contribution in [2.75, 3.05) is 57.4 Å². The van der Waals surface area contributed by atoms with Crippen molar-refractivity contribution in [3.8, 4) is 11.5 Å². The van der Waals surface area contributed by atoms with Gasteiger partial charge >= 0.3 is 0 Å². The smallest absolute Gasteiger partial charge is 0.244 e. The number of fused-ring (bicyclic) bond motifs is 1. The number of sulfonamides is 1. The fourth-order valence-electron chi connectivity index (χ4n) is 4.64. The maximum absolute atomic E-state index is 13.2. The highest BCUT2D eigenvalue weighted by atomic mass is 32.2. The molecule has 35 heavy (non-hydrogen) atoms. The van der Waals surface area contributed by atoms with Gasteiger partial charge in [0, 0.05) is 44.7 Å². The van der Waals surface area contributed by atoms with Gasteiger partial charge in [0.15, 0.2) is 0 Å². The Labute approximate surface area is 205 Å². The minimum absolute atomic E-state index is 0.0647. The summed E-state index contributed by atoms with van der Waals surface area (Å²) in [5.41, 5.74) is 1.46. The molecule has 5 rings (SSSR count). The van der Waals surface area contributed by atoms with E-state index in [-0.39, 0.29) is 16.9 Å². The zero-order valence-electron chi connectivity index (χ0n) is 19.8. The molecule has 1 atom stereocenters. The van der Waals surface area contributed by atoms with E-state index < -0.39 is 10.0 Å². The number of carbonyl (C=O) groups excluding carboxylic acids is 1. The van der Waals surface area contributed by atoms with Crippen LogP contribution in [-0.2, 0) is 19.6 Å². The Kier molecular flexibility index (Phi) is 6.81. The Morgan fingerprint density at radius 3 is 2.74 bits per heavy atom. The lowest BCUT2D eigenvalue weighted by atomic mass is 10.2. The fraction of sp³-hybridized carbons (Fsp3) is 0.500. The maximum atomic E-state index is 13.2. The second-order valence-corrected chi connectivity index (χ2v) is 10.7. The molecule has 188 valence electrons. The minimum Gasteiger partial charge on any atom is -0.490 e. The van der Waals surface area contributed by atoms with E-state index in [1.54, 1.807) is 12.3 Å². The van der Waals surface area contributed by atoms with Gasteiger partial charge in [-0.15, -0.1) is 0 Å². The van der Waals surface area contributed by atoms with Crippen LogP contribution in [0, 0.1) is 0 Å². The van der Waals surface area contributed by atoms with Crippen LogP contribution in [0.4, 0.5) is 11.4 Å². The van der Waals surface area contributed by atoms with Crippen molar-refractivity contribution in [2.24, 2.45) is 0 Å². The number of ether oxygens (including phenoxy) is 3. The molecule has 10 nitrogen and oxygen atoms in total.